The van der Waals surface area contributed by atoms with Gasteiger partial charge in [-0.2, -0.15) is 0 Å². The van der Waals surface area contributed by atoms with E-state index in [4.69, 9.17) is 0 Å². The van der Waals surface area contributed by atoms with Gasteiger partial charge in [0.25, 0.3) is 0 Å². The zero-order chi connectivity index (χ0) is 16.1. The van der Waals surface area contributed by atoms with Crippen molar-refractivity contribution in [2.45, 2.75) is 59.4 Å². The van der Waals surface area contributed by atoms with Crippen LogP contribution in [0.25, 0.3) is 0 Å². The minimum absolute atomic E-state index is 0.598. The molecule has 1 saturated heterocycles. The molecule has 0 aromatic carbocycles. The van der Waals surface area contributed by atoms with Gasteiger partial charge in [0.1, 0.15) is 0 Å². The molecule has 0 bridgehead atoms. The first kappa shape index (κ1) is 17.3. The van der Waals surface area contributed by atoms with E-state index in [1.807, 2.05) is 0 Å². The zero-order valence-electron chi connectivity index (χ0n) is 14.9. The second-order valence-corrected chi connectivity index (χ2v) is 7.51. The third-order valence-electron chi connectivity index (χ3n) is 5.35. The average molecular weight is 300 g/mol. The highest BCUT2D eigenvalue weighted by molar-refractivity contribution is 5.31. The SMILES string of the molecule is C=CC1CC(C2=CC/C(C)=C\CC(C)=C2)CNC(C)CC1C. The Balaban J connectivity index is 2.23. The molecule has 1 fully saturated rings. The van der Waals surface area contributed by atoms with E-state index >= 15 is 0 Å². The Morgan fingerprint density at radius 2 is 1.82 bits per heavy atom. The Labute approximate surface area is 137 Å². The molecule has 2 aliphatic rings. The fourth-order valence-corrected chi connectivity index (χ4v) is 3.77. The minimum Gasteiger partial charge on any atom is -0.314 e. The summed E-state index contributed by atoms with van der Waals surface area (Å²) in [7, 11) is 0. The lowest BCUT2D eigenvalue weighted by Gasteiger charge is -2.33. The van der Waals surface area contributed by atoms with Crippen molar-refractivity contribution in [3.05, 3.63) is 47.6 Å². The summed E-state index contributed by atoms with van der Waals surface area (Å²) in [6, 6.07) is 0.598. The maximum absolute atomic E-state index is 4.11. The third-order valence-corrected chi connectivity index (χ3v) is 5.35. The fraction of sp³-hybridized carbons (Fsp3) is 0.619. The molecule has 0 aromatic heterocycles. The van der Waals surface area contributed by atoms with Crippen LogP contribution in [-0.2, 0) is 0 Å². The van der Waals surface area contributed by atoms with Gasteiger partial charge in [-0.15, -0.1) is 6.58 Å². The van der Waals surface area contributed by atoms with E-state index in [2.05, 4.69) is 63.9 Å². The first-order chi connectivity index (χ1) is 10.5. The van der Waals surface area contributed by atoms with Gasteiger partial charge in [0.05, 0.1) is 0 Å². The molecule has 1 N–H and O–H groups in total. The molecular weight excluding hydrogens is 266 g/mol. The second kappa shape index (κ2) is 7.97. The van der Waals surface area contributed by atoms with Crippen LogP contribution < -0.4 is 5.32 Å². The molecule has 4 atom stereocenters. The molecule has 1 heterocycles. The summed E-state index contributed by atoms with van der Waals surface area (Å²) in [5.74, 6) is 1.95. The molecule has 0 spiro atoms. The smallest absolute Gasteiger partial charge is 0.00417 e. The van der Waals surface area contributed by atoms with Gasteiger partial charge in [0.15, 0.2) is 0 Å². The van der Waals surface area contributed by atoms with Gasteiger partial charge >= 0.3 is 0 Å². The summed E-state index contributed by atoms with van der Waals surface area (Å²) in [6.07, 6.45) is 14.1. The minimum atomic E-state index is 0.598. The van der Waals surface area contributed by atoms with Gasteiger partial charge in [-0.3, -0.25) is 0 Å². The molecule has 1 aliphatic carbocycles. The molecule has 2 rings (SSSR count). The predicted octanol–water partition coefficient (Wildman–Crippen LogP) is 5.43. The van der Waals surface area contributed by atoms with Crippen LogP contribution in [0.15, 0.2) is 47.6 Å². The van der Waals surface area contributed by atoms with Crippen LogP contribution >= 0.6 is 0 Å². The van der Waals surface area contributed by atoms with Crippen molar-refractivity contribution >= 4 is 0 Å². The van der Waals surface area contributed by atoms with Gasteiger partial charge in [-0.05, 0) is 69.8 Å². The summed E-state index contributed by atoms with van der Waals surface area (Å²) < 4.78 is 0. The zero-order valence-corrected chi connectivity index (χ0v) is 14.9. The Hall–Kier alpha value is -1.08. The summed E-state index contributed by atoms with van der Waals surface area (Å²) in [5.41, 5.74) is 4.50. The van der Waals surface area contributed by atoms with Crippen molar-refractivity contribution in [1.29, 1.82) is 0 Å². The summed E-state index contributed by atoms with van der Waals surface area (Å²) in [4.78, 5) is 0. The molecule has 0 aromatic rings. The van der Waals surface area contributed by atoms with Crippen molar-refractivity contribution in [1.82, 2.24) is 5.32 Å². The lowest BCUT2D eigenvalue weighted by Crippen LogP contribution is -2.38. The molecule has 1 aliphatic heterocycles. The van der Waals surface area contributed by atoms with Crippen molar-refractivity contribution < 1.29 is 0 Å². The lowest BCUT2D eigenvalue weighted by molar-refractivity contribution is 0.269. The van der Waals surface area contributed by atoms with Crippen LogP contribution in [-0.4, -0.2) is 12.6 Å². The van der Waals surface area contributed by atoms with Crippen LogP contribution in [0.4, 0.5) is 0 Å². The van der Waals surface area contributed by atoms with Crippen LogP contribution in [0.1, 0.15) is 53.4 Å². The monoisotopic (exact) mass is 299 g/mol. The number of allylic oxidation sites excluding steroid dienone is 6. The summed E-state index contributed by atoms with van der Waals surface area (Å²) in [5, 5.41) is 3.75. The number of hydrogen-bond donors (Lipinski definition) is 1. The number of rotatable bonds is 2. The van der Waals surface area contributed by atoms with Gasteiger partial charge in [-0.1, -0.05) is 42.4 Å². The van der Waals surface area contributed by atoms with E-state index in [1.54, 1.807) is 0 Å². The molecule has 22 heavy (non-hydrogen) atoms. The van der Waals surface area contributed by atoms with Crippen LogP contribution in [0.5, 0.6) is 0 Å². The molecule has 0 radical (unpaired) electrons. The van der Waals surface area contributed by atoms with E-state index in [-0.39, 0.29) is 0 Å². The van der Waals surface area contributed by atoms with Gasteiger partial charge in [-0.25, -0.2) is 0 Å². The molecular formula is C21H33N. The third kappa shape index (κ3) is 4.71. The Morgan fingerprint density at radius 1 is 1.09 bits per heavy atom. The van der Waals surface area contributed by atoms with Crippen LogP contribution in [0.3, 0.4) is 0 Å². The molecule has 1 nitrogen and oxygen atoms in total. The summed E-state index contributed by atoms with van der Waals surface area (Å²) in [6.45, 7) is 14.4. The fourth-order valence-electron chi connectivity index (χ4n) is 3.77. The molecule has 1 heteroatoms. The highest BCUT2D eigenvalue weighted by Gasteiger charge is 2.26. The Morgan fingerprint density at radius 3 is 2.55 bits per heavy atom. The summed E-state index contributed by atoms with van der Waals surface area (Å²) >= 11 is 0. The highest BCUT2D eigenvalue weighted by Crippen LogP contribution is 2.32. The standard InChI is InChI=1S/C21H33N/c1-6-19-13-21(14-22-18(5)12-17(19)4)20-10-9-15(2)7-8-16(3)11-20/h6-7,10-11,17-19,21-22H,1,8-9,12-14H2,2-5H3/b15-7-,16-11?,20-10?. The number of hydrogen-bond acceptors (Lipinski definition) is 1. The van der Waals surface area contributed by atoms with Crippen molar-refractivity contribution in [3.8, 4) is 0 Å². The Kier molecular flexibility index (Phi) is 6.26. The van der Waals surface area contributed by atoms with Crippen molar-refractivity contribution in [2.24, 2.45) is 17.8 Å². The van der Waals surface area contributed by atoms with Gasteiger partial charge in [0, 0.05) is 12.6 Å². The van der Waals surface area contributed by atoms with Crippen LogP contribution in [0, 0.1) is 17.8 Å². The maximum atomic E-state index is 4.11. The van der Waals surface area contributed by atoms with E-state index in [0.717, 1.165) is 19.4 Å². The van der Waals surface area contributed by atoms with Crippen molar-refractivity contribution in [3.63, 3.8) is 0 Å². The highest BCUT2D eigenvalue weighted by atomic mass is 14.9. The number of nitrogens with one attached hydrogen (secondary N) is 1. The molecule has 0 amide bonds. The van der Waals surface area contributed by atoms with Crippen LogP contribution in [0.2, 0.25) is 0 Å². The van der Waals surface area contributed by atoms with E-state index in [9.17, 15) is 0 Å². The van der Waals surface area contributed by atoms with Crippen molar-refractivity contribution in [2.75, 3.05) is 6.54 Å². The average Bonchev–Trinajstić information content (AvgIpc) is 2.46. The molecule has 122 valence electrons. The lowest BCUT2D eigenvalue weighted by atomic mass is 9.77. The van der Waals surface area contributed by atoms with E-state index in [1.165, 1.54) is 29.6 Å². The molecule has 4 unspecified atom stereocenters. The van der Waals surface area contributed by atoms with E-state index < -0.39 is 0 Å². The Bertz CT molecular complexity index is 480. The normalized spacial score (nSPS) is 36.6. The predicted molar refractivity (Wildman–Crippen MR) is 97.9 cm³/mol. The van der Waals surface area contributed by atoms with Gasteiger partial charge in [0.2, 0.25) is 0 Å². The quantitative estimate of drug-likeness (QED) is 0.671. The second-order valence-electron chi connectivity index (χ2n) is 7.51. The largest absolute Gasteiger partial charge is 0.314 e. The molecule has 0 saturated carbocycles. The maximum Gasteiger partial charge on any atom is 0.00417 e. The topological polar surface area (TPSA) is 12.0 Å². The first-order valence-electron chi connectivity index (χ1n) is 8.88. The van der Waals surface area contributed by atoms with Gasteiger partial charge < -0.3 is 5.32 Å². The first-order valence-corrected chi connectivity index (χ1v) is 8.88. The van der Waals surface area contributed by atoms with E-state index in [0.29, 0.717) is 23.8 Å².